The summed E-state index contributed by atoms with van der Waals surface area (Å²) in [6, 6.07) is 9.76. The molecule has 2 aromatic rings. The molecule has 0 saturated heterocycles. The molecule has 0 N–H and O–H groups in total. The van der Waals surface area contributed by atoms with Gasteiger partial charge in [0.25, 0.3) is 5.91 Å². The Morgan fingerprint density at radius 3 is 2.55 bits per heavy atom. The molecule has 2 aliphatic heterocycles. The van der Waals surface area contributed by atoms with Gasteiger partial charge in [-0.2, -0.15) is 0 Å². The van der Waals surface area contributed by atoms with Crippen molar-refractivity contribution in [1.82, 2.24) is 4.98 Å². The van der Waals surface area contributed by atoms with E-state index in [0.717, 1.165) is 48.3 Å². The second-order valence-corrected chi connectivity index (χ2v) is 9.23. The summed E-state index contributed by atoms with van der Waals surface area (Å²) in [6.07, 6.45) is 7.65. The van der Waals surface area contributed by atoms with Crippen molar-refractivity contribution in [3.63, 3.8) is 0 Å². The Bertz CT molecular complexity index is 1230. The lowest BCUT2D eigenvalue weighted by molar-refractivity contribution is -0.119. The summed E-state index contributed by atoms with van der Waals surface area (Å²) < 4.78 is 13.7. The number of likely N-dealkylation sites (N-methyl/N-ethyl adjacent to an activating group) is 1. The van der Waals surface area contributed by atoms with Crippen LogP contribution in [-0.4, -0.2) is 35.9 Å². The maximum Gasteiger partial charge on any atom is 0.260 e. The highest BCUT2D eigenvalue weighted by atomic mass is 19.1. The van der Waals surface area contributed by atoms with E-state index in [9.17, 15) is 14.0 Å². The minimum absolute atomic E-state index is 0.0488. The van der Waals surface area contributed by atoms with Gasteiger partial charge < -0.3 is 9.80 Å². The summed E-state index contributed by atoms with van der Waals surface area (Å²) in [5.41, 5.74) is 3.38. The van der Waals surface area contributed by atoms with E-state index in [2.05, 4.69) is 4.90 Å². The molecule has 7 heteroatoms. The third-order valence-corrected chi connectivity index (χ3v) is 7.17. The first-order valence-corrected chi connectivity index (χ1v) is 11.5. The van der Waals surface area contributed by atoms with Gasteiger partial charge in [0.2, 0.25) is 5.91 Å². The molecule has 1 aromatic heterocycles. The van der Waals surface area contributed by atoms with Crippen LogP contribution in [0.3, 0.4) is 0 Å². The van der Waals surface area contributed by atoms with Crippen LogP contribution in [0.5, 0.6) is 0 Å². The largest absolute Gasteiger partial charge is 0.340 e. The van der Waals surface area contributed by atoms with E-state index < -0.39 is 0 Å². The van der Waals surface area contributed by atoms with Crippen LogP contribution in [-0.2, 0) is 9.59 Å². The molecule has 0 bridgehead atoms. The number of pyridine rings is 1. The Balaban J connectivity index is 1.48. The SMILES string of the molecule is CC1C(=O)N(C)c2ccc(N3C(=O)C4=C(CCC=C4)C3c3ccc(F)cc3)nc2N1C1CC1. The third-order valence-electron chi connectivity index (χ3n) is 7.17. The Labute approximate surface area is 192 Å². The molecule has 33 heavy (non-hydrogen) atoms. The minimum Gasteiger partial charge on any atom is -0.340 e. The van der Waals surface area contributed by atoms with E-state index in [1.54, 1.807) is 29.0 Å². The first kappa shape index (κ1) is 20.1. The van der Waals surface area contributed by atoms with Crippen LogP contribution in [0.2, 0.25) is 0 Å². The molecule has 6 rings (SSSR count). The molecule has 4 aliphatic rings. The second-order valence-electron chi connectivity index (χ2n) is 9.23. The Hall–Kier alpha value is -3.48. The number of benzene rings is 1. The number of hydrogen-bond acceptors (Lipinski definition) is 4. The predicted molar refractivity (Wildman–Crippen MR) is 125 cm³/mol. The summed E-state index contributed by atoms with van der Waals surface area (Å²) in [5.74, 6) is 0.954. The van der Waals surface area contributed by atoms with E-state index >= 15 is 0 Å². The second kappa shape index (κ2) is 7.27. The van der Waals surface area contributed by atoms with Gasteiger partial charge >= 0.3 is 0 Å². The highest BCUT2D eigenvalue weighted by Crippen LogP contribution is 2.47. The number of allylic oxidation sites excluding steroid dienone is 1. The number of halogens is 1. The number of aromatic nitrogens is 1. The van der Waals surface area contributed by atoms with E-state index in [4.69, 9.17) is 4.98 Å². The Morgan fingerprint density at radius 1 is 1.06 bits per heavy atom. The molecule has 1 fully saturated rings. The molecule has 2 amide bonds. The highest BCUT2D eigenvalue weighted by Gasteiger charge is 2.45. The van der Waals surface area contributed by atoms with Crippen molar-refractivity contribution < 1.29 is 14.0 Å². The summed E-state index contributed by atoms with van der Waals surface area (Å²) >= 11 is 0. The van der Waals surface area contributed by atoms with Gasteiger partial charge in [0.15, 0.2) is 5.82 Å². The Morgan fingerprint density at radius 2 is 1.82 bits per heavy atom. The van der Waals surface area contributed by atoms with E-state index in [0.29, 0.717) is 17.4 Å². The van der Waals surface area contributed by atoms with Crippen molar-refractivity contribution in [2.24, 2.45) is 0 Å². The van der Waals surface area contributed by atoms with Crippen molar-refractivity contribution in [2.45, 2.75) is 50.7 Å². The van der Waals surface area contributed by atoms with Crippen LogP contribution >= 0.6 is 0 Å². The van der Waals surface area contributed by atoms with Gasteiger partial charge in [-0.05, 0) is 68.0 Å². The van der Waals surface area contributed by atoms with Gasteiger partial charge in [0.1, 0.15) is 17.7 Å². The normalized spacial score (nSPS) is 24.5. The first-order chi connectivity index (χ1) is 16.0. The number of rotatable bonds is 3. The summed E-state index contributed by atoms with van der Waals surface area (Å²) in [5, 5.41) is 0. The highest BCUT2D eigenvalue weighted by molar-refractivity contribution is 6.12. The lowest BCUT2D eigenvalue weighted by Gasteiger charge is -2.40. The molecule has 0 spiro atoms. The maximum atomic E-state index is 13.7. The molecule has 1 saturated carbocycles. The Kier molecular flexibility index (Phi) is 4.44. The van der Waals surface area contributed by atoms with Crippen molar-refractivity contribution in [2.75, 3.05) is 21.7 Å². The molecular weight excluding hydrogens is 419 g/mol. The number of carbonyl (C=O) groups excluding carboxylic acids is 2. The minimum atomic E-state index is -0.321. The smallest absolute Gasteiger partial charge is 0.260 e. The number of amides is 2. The van der Waals surface area contributed by atoms with E-state index in [1.807, 2.05) is 31.2 Å². The summed E-state index contributed by atoms with van der Waals surface area (Å²) in [6.45, 7) is 1.92. The molecule has 0 radical (unpaired) electrons. The molecule has 3 heterocycles. The van der Waals surface area contributed by atoms with Crippen LogP contribution in [0.25, 0.3) is 0 Å². The average Bonchev–Trinajstić information content (AvgIpc) is 3.62. The van der Waals surface area contributed by atoms with Gasteiger partial charge in [-0.1, -0.05) is 24.3 Å². The zero-order chi connectivity index (χ0) is 22.9. The molecule has 2 atom stereocenters. The molecule has 168 valence electrons. The van der Waals surface area contributed by atoms with Crippen LogP contribution in [0.1, 0.15) is 44.2 Å². The number of hydrogen-bond donors (Lipinski definition) is 0. The zero-order valence-corrected chi connectivity index (χ0v) is 18.7. The lowest BCUT2D eigenvalue weighted by Crippen LogP contribution is -2.52. The molecule has 1 aromatic carbocycles. The molecule has 2 unspecified atom stereocenters. The van der Waals surface area contributed by atoms with Crippen LogP contribution in [0, 0.1) is 5.82 Å². The van der Waals surface area contributed by atoms with Crippen molar-refractivity contribution in [1.29, 1.82) is 0 Å². The number of nitrogens with zero attached hydrogens (tertiary/aromatic N) is 4. The van der Waals surface area contributed by atoms with Gasteiger partial charge in [-0.3, -0.25) is 14.5 Å². The quantitative estimate of drug-likeness (QED) is 0.709. The number of carbonyl (C=O) groups is 2. The van der Waals surface area contributed by atoms with Gasteiger partial charge in [0, 0.05) is 18.7 Å². The molecule has 6 nitrogen and oxygen atoms in total. The number of anilines is 3. The third kappa shape index (κ3) is 3.02. The van der Waals surface area contributed by atoms with Crippen LogP contribution in [0.4, 0.5) is 21.7 Å². The van der Waals surface area contributed by atoms with Crippen LogP contribution < -0.4 is 14.7 Å². The van der Waals surface area contributed by atoms with Crippen molar-refractivity contribution in [3.05, 3.63) is 71.1 Å². The maximum absolute atomic E-state index is 13.7. The number of fused-ring (bicyclic) bond motifs is 1. The van der Waals surface area contributed by atoms with Gasteiger partial charge in [-0.25, -0.2) is 9.37 Å². The lowest BCUT2D eigenvalue weighted by atomic mass is 9.91. The molecular formula is C26H25FN4O2. The topological polar surface area (TPSA) is 56.8 Å². The fourth-order valence-corrected chi connectivity index (χ4v) is 5.37. The average molecular weight is 445 g/mol. The first-order valence-electron chi connectivity index (χ1n) is 11.5. The molecule has 2 aliphatic carbocycles. The van der Waals surface area contributed by atoms with E-state index in [1.165, 1.54) is 12.1 Å². The van der Waals surface area contributed by atoms with Crippen molar-refractivity contribution >= 4 is 29.1 Å². The standard InChI is InChI=1S/C26H25FN4O2/c1-15-25(32)29(2)21-13-14-22(28-24(21)30(15)18-11-12-18)31-23(16-7-9-17(27)10-8-16)19-5-3-4-6-20(19)26(31)33/h4,6-10,13-15,18,23H,3,5,11-12H2,1-2H3. The summed E-state index contributed by atoms with van der Waals surface area (Å²) in [7, 11) is 1.77. The fraction of sp³-hybridized carbons (Fsp3) is 0.346. The van der Waals surface area contributed by atoms with Crippen LogP contribution in [0.15, 0.2) is 59.7 Å². The van der Waals surface area contributed by atoms with E-state index in [-0.39, 0.29) is 29.7 Å². The predicted octanol–water partition coefficient (Wildman–Crippen LogP) is 4.29. The monoisotopic (exact) mass is 444 g/mol. The van der Waals surface area contributed by atoms with Gasteiger partial charge in [-0.15, -0.1) is 0 Å². The summed E-state index contributed by atoms with van der Waals surface area (Å²) in [4.78, 5) is 36.9. The van der Waals surface area contributed by atoms with Crippen molar-refractivity contribution in [3.8, 4) is 0 Å². The fourth-order valence-electron chi connectivity index (χ4n) is 5.37. The zero-order valence-electron chi connectivity index (χ0n) is 18.7. The van der Waals surface area contributed by atoms with Gasteiger partial charge in [0.05, 0.1) is 11.7 Å².